The van der Waals surface area contributed by atoms with E-state index in [1.807, 2.05) is 73.7 Å². The van der Waals surface area contributed by atoms with Crippen LogP contribution in [0.5, 0.6) is 11.5 Å². The van der Waals surface area contributed by atoms with Gasteiger partial charge in [0.25, 0.3) is 5.91 Å². The molecular weight excluding hydrogens is 648 g/mol. The van der Waals surface area contributed by atoms with Crippen molar-refractivity contribution in [2.45, 2.75) is 13.5 Å². The number of nitrogens with zero attached hydrogens (tertiary/aromatic N) is 1. The van der Waals surface area contributed by atoms with Crippen LogP contribution in [0.4, 0.5) is 5.69 Å². The van der Waals surface area contributed by atoms with E-state index >= 15 is 0 Å². The monoisotopic (exact) mass is 664 g/mol. The summed E-state index contributed by atoms with van der Waals surface area (Å²) in [6, 6.07) is 19.2. The van der Waals surface area contributed by atoms with Gasteiger partial charge in [0.1, 0.15) is 18.1 Å². The summed E-state index contributed by atoms with van der Waals surface area (Å²) in [7, 11) is 0. The Kier molecular flexibility index (Phi) is 8.52. The fourth-order valence-electron chi connectivity index (χ4n) is 3.07. The molecule has 0 aromatic heterocycles. The Labute approximate surface area is 227 Å². The van der Waals surface area contributed by atoms with Crippen LogP contribution in [-0.2, 0) is 11.4 Å². The van der Waals surface area contributed by atoms with Gasteiger partial charge < -0.3 is 14.8 Å². The second-order valence-electron chi connectivity index (χ2n) is 7.14. The second-order valence-corrected chi connectivity index (χ2v) is 10.8. The summed E-state index contributed by atoms with van der Waals surface area (Å²) in [5, 5.41) is 3.35. The molecule has 34 heavy (non-hydrogen) atoms. The summed E-state index contributed by atoms with van der Waals surface area (Å²) in [5.74, 6) is 1.31. The molecule has 9 heteroatoms. The highest BCUT2D eigenvalue weighted by Gasteiger charge is 2.24. The maximum Gasteiger partial charge on any atom is 0.264 e. The van der Waals surface area contributed by atoms with E-state index in [0.29, 0.717) is 29.0 Å². The van der Waals surface area contributed by atoms with E-state index in [9.17, 15) is 4.79 Å². The number of carbonyl (C=O) groups excluding carboxylic acids is 1. The minimum atomic E-state index is -0.183. The highest BCUT2D eigenvalue weighted by Crippen LogP contribution is 2.37. The Morgan fingerprint density at radius 1 is 0.971 bits per heavy atom. The number of hydrogen-bond acceptors (Lipinski definition) is 5. The Balaban J connectivity index is 1.46. The molecule has 174 valence electrons. The van der Waals surface area contributed by atoms with Gasteiger partial charge in [-0.05, 0) is 116 Å². The lowest BCUT2D eigenvalue weighted by molar-refractivity contribution is -0.115. The first kappa shape index (κ1) is 25.0. The van der Waals surface area contributed by atoms with Crippen molar-refractivity contribution in [2.24, 2.45) is 4.99 Å². The van der Waals surface area contributed by atoms with Crippen molar-refractivity contribution < 1.29 is 14.3 Å². The average molecular weight is 667 g/mol. The van der Waals surface area contributed by atoms with E-state index in [0.717, 1.165) is 36.0 Å². The molecular formula is C25H19Br3N2O3S. The number of aliphatic imine (C=N–C) groups is 1. The van der Waals surface area contributed by atoms with Gasteiger partial charge in [0.2, 0.25) is 0 Å². The number of hydrogen-bond donors (Lipinski definition) is 1. The molecule has 0 aliphatic carbocycles. The smallest absolute Gasteiger partial charge is 0.264 e. The summed E-state index contributed by atoms with van der Waals surface area (Å²) in [6.07, 6.45) is 1.83. The molecule has 1 saturated heterocycles. The Bertz CT molecular complexity index is 1240. The van der Waals surface area contributed by atoms with Gasteiger partial charge in [-0.15, -0.1) is 0 Å². The summed E-state index contributed by atoms with van der Waals surface area (Å²) < 4.78 is 14.1. The van der Waals surface area contributed by atoms with Crippen LogP contribution in [0, 0.1) is 0 Å². The Hall–Kier alpha value is -2.07. The van der Waals surface area contributed by atoms with E-state index in [2.05, 4.69) is 58.1 Å². The molecule has 1 N–H and O–H groups in total. The molecule has 0 radical (unpaired) electrons. The van der Waals surface area contributed by atoms with Crippen molar-refractivity contribution in [3.63, 3.8) is 0 Å². The average Bonchev–Trinajstić information content (AvgIpc) is 3.14. The molecule has 1 heterocycles. The number of halogens is 3. The maximum atomic E-state index is 12.5. The molecule has 0 atom stereocenters. The lowest BCUT2D eigenvalue weighted by atomic mass is 10.2. The van der Waals surface area contributed by atoms with Gasteiger partial charge in [-0.1, -0.05) is 28.1 Å². The first-order valence-corrected chi connectivity index (χ1v) is 13.5. The van der Waals surface area contributed by atoms with Gasteiger partial charge in [0.15, 0.2) is 5.17 Å². The van der Waals surface area contributed by atoms with E-state index in [-0.39, 0.29) is 5.91 Å². The van der Waals surface area contributed by atoms with Crippen LogP contribution >= 0.6 is 59.6 Å². The number of benzene rings is 3. The van der Waals surface area contributed by atoms with E-state index in [4.69, 9.17) is 9.47 Å². The minimum absolute atomic E-state index is 0.183. The molecule has 0 unspecified atom stereocenters. The zero-order valence-corrected chi connectivity index (χ0v) is 23.6. The number of ether oxygens (including phenoxy) is 2. The van der Waals surface area contributed by atoms with Gasteiger partial charge in [-0.2, -0.15) is 0 Å². The molecule has 1 amide bonds. The van der Waals surface area contributed by atoms with Crippen molar-refractivity contribution in [2.75, 3.05) is 6.61 Å². The number of thioether (sulfide) groups is 1. The van der Waals surface area contributed by atoms with Gasteiger partial charge >= 0.3 is 0 Å². The minimum Gasteiger partial charge on any atom is -0.494 e. The van der Waals surface area contributed by atoms with Crippen LogP contribution in [0.25, 0.3) is 6.08 Å². The fourth-order valence-corrected chi connectivity index (χ4v) is 5.63. The van der Waals surface area contributed by atoms with E-state index in [1.54, 1.807) is 0 Å². The Morgan fingerprint density at radius 3 is 2.29 bits per heavy atom. The number of rotatable bonds is 7. The van der Waals surface area contributed by atoms with Gasteiger partial charge in [0.05, 0.1) is 26.1 Å². The van der Waals surface area contributed by atoms with E-state index in [1.165, 1.54) is 11.8 Å². The SMILES string of the molecule is CCOc1ccc(N=C2NC(=O)/C(=C\c3cc(Br)c(OCc4ccc(Br)cc4)c(Br)c3)S2)cc1. The fraction of sp³-hybridized carbons (Fsp3) is 0.120. The van der Waals surface area contributed by atoms with Crippen molar-refractivity contribution in [1.82, 2.24) is 5.32 Å². The summed E-state index contributed by atoms with van der Waals surface area (Å²) >= 11 is 11.9. The molecule has 0 bridgehead atoms. The Morgan fingerprint density at radius 2 is 1.65 bits per heavy atom. The molecule has 0 saturated carbocycles. The third kappa shape index (κ3) is 6.53. The molecule has 1 aliphatic heterocycles. The first-order valence-electron chi connectivity index (χ1n) is 10.3. The predicted octanol–water partition coefficient (Wildman–Crippen LogP) is 7.84. The standard InChI is InChI=1S/C25H19Br3N2O3S/c1-2-32-19-9-7-18(8-10-19)29-25-30-24(31)22(34-25)13-16-11-20(27)23(21(28)12-16)33-14-15-3-5-17(26)6-4-15/h3-13H,2,14H2,1H3,(H,29,30,31)/b22-13+. The highest BCUT2D eigenvalue weighted by molar-refractivity contribution is 9.11. The van der Waals surface area contributed by atoms with Crippen LogP contribution in [-0.4, -0.2) is 17.7 Å². The summed E-state index contributed by atoms with van der Waals surface area (Å²) in [6.45, 7) is 2.99. The topological polar surface area (TPSA) is 59.9 Å². The van der Waals surface area contributed by atoms with Crippen LogP contribution < -0.4 is 14.8 Å². The van der Waals surface area contributed by atoms with Crippen LogP contribution in [0.1, 0.15) is 18.1 Å². The van der Waals surface area contributed by atoms with Crippen molar-refractivity contribution >= 4 is 82.4 Å². The lowest BCUT2D eigenvalue weighted by Gasteiger charge is -2.12. The third-order valence-electron chi connectivity index (χ3n) is 4.64. The van der Waals surface area contributed by atoms with Crippen molar-refractivity contribution in [3.05, 3.63) is 90.1 Å². The molecule has 3 aromatic rings. The van der Waals surface area contributed by atoms with E-state index < -0.39 is 0 Å². The van der Waals surface area contributed by atoms with Crippen LogP contribution in [0.2, 0.25) is 0 Å². The quantitative estimate of drug-likeness (QED) is 0.261. The lowest BCUT2D eigenvalue weighted by Crippen LogP contribution is -2.19. The zero-order valence-electron chi connectivity index (χ0n) is 18.0. The van der Waals surface area contributed by atoms with Gasteiger partial charge in [-0.25, -0.2) is 4.99 Å². The predicted molar refractivity (Wildman–Crippen MR) is 149 cm³/mol. The number of nitrogens with one attached hydrogen (secondary N) is 1. The highest BCUT2D eigenvalue weighted by atomic mass is 79.9. The maximum absolute atomic E-state index is 12.5. The summed E-state index contributed by atoms with van der Waals surface area (Å²) in [5.41, 5.74) is 2.66. The molecule has 5 nitrogen and oxygen atoms in total. The summed E-state index contributed by atoms with van der Waals surface area (Å²) in [4.78, 5) is 17.6. The van der Waals surface area contributed by atoms with Crippen LogP contribution in [0.15, 0.2) is 84.0 Å². The van der Waals surface area contributed by atoms with Crippen molar-refractivity contribution in [1.29, 1.82) is 0 Å². The van der Waals surface area contributed by atoms with Gasteiger partial charge in [0, 0.05) is 4.47 Å². The number of carbonyl (C=O) groups is 1. The number of amides is 1. The molecule has 4 rings (SSSR count). The first-order chi connectivity index (χ1) is 16.4. The van der Waals surface area contributed by atoms with Crippen molar-refractivity contribution in [3.8, 4) is 11.5 Å². The molecule has 3 aromatic carbocycles. The largest absolute Gasteiger partial charge is 0.494 e. The molecule has 1 fully saturated rings. The third-order valence-corrected chi connectivity index (χ3v) is 7.26. The van der Waals surface area contributed by atoms with Gasteiger partial charge in [-0.3, -0.25) is 4.79 Å². The molecule has 0 spiro atoms. The molecule has 1 aliphatic rings. The second kappa shape index (κ2) is 11.6. The zero-order chi connectivity index (χ0) is 24.1. The number of amidine groups is 1. The van der Waals surface area contributed by atoms with Crippen LogP contribution in [0.3, 0.4) is 0 Å². The normalized spacial score (nSPS) is 15.6.